The lowest BCUT2D eigenvalue weighted by atomic mass is 10.1. The van der Waals surface area contributed by atoms with Gasteiger partial charge in [-0.25, -0.2) is 0 Å². The molecule has 0 atom stereocenters. The molecule has 2 aromatic carbocycles. The third kappa shape index (κ3) is 1.98. The number of aromatic hydroxyl groups is 1. The molecule has 1 aromatic heterocycles. The fourth-order valence-corrected chi connectivity index (χ4v) is 2.22. The summed E-state index contributed by atoms with van der Waals surface area (Å²) in [5.41, 5.74) is 1.21. The number of phenolic OH excluding ortho intramolecular Hbond substituents is 1. The Bertz CT molecular complexity index is 821. The molecule has 4 heteroatoms. The maximum Gasteiger partial charge on any atom is 0.200 e. The van der Waals surface area contributed by atoms with Crippen LogP contribution in [0.5, 0.6) is 5.75 Å². The monoisotopic (exact) mass is 272 g/mol. The summed E-state index contributed by atoms with van der Waals surface area (Å²) in [6, 6.07) is 11.5. The molecule has 3 rings (SSSR count). The molecule has 3 nitrogen and oxygen atoms in total. The van der Waals surface area contributed by atoms with E-state index in [1.807, 2.05) is 6.07 Å². The average molecular weight is 273 g/mol. The van der Waals surface area contributed by atoms with Crippen molar-refractivity contribution < 1.29 is 9.52 Å². The number of halogens is 1. The standard InChI is InChI=1S/C15H9ClO3/c16-13-4-2-1-3-10(13)12-8-19-14-7-9(17)5-6-11(14)15(12)18/h1-8,17H. The highest BCUT2D eigenvalue weighted by atomic mass is 35.5. The SMILES string of the molecule is O=c1c(-c2ccccc2Cl)coc2cc(O)ccc12. The van der Waals surface area contributed by atoms with Crippen molar-refractivity contribution in [3.05, 3.63) is 64.0 Å². The highest BCUT2D eigenvalue weighted by Crippen LogP contribution is 2.27. The van der Waals surface area contributed by atoms with E-state index in [0.717, 1.165) is 0 Å². The zero-order valence-electron chi connectivity index (χ0n) is 9.76. The van der Waals surface area contributed by atoms with Crippen LogP contribution in [0.25, 0.3) is 22.1 Å². The quantitative estimate of drug-likeness (QED) is 0.733. The smallest absolute Gasteiger partial charge is 0.200 e. The van der Waals surface area contributed by atoms with Crippen molar-refractivity contribution in [2.24, 2.45) is 0 Å². The Morgan fingerprint density at radius 3 is 2.63 bits per heavy atom. The number of hydrogen-bond donors (Lipinski definition) is 1. The first-order valence-electron chi connectivity index (χ1n) is 5.66. The van der Waals surface area contributed by atoms with E-state index in [4.69, 9.17) is 16.0 Å². The van der Waals surface area contributed by atoms with Gasteiger partial charge in [0.25, 0.3) is 0 Å². The molecule has 0 aliphatic carbocycles. The Hall–Kier alpha value is -2.26. The lowest BCUT2D eigenvalue weighted by Crippen LogP contribution is -2.04. The molecule has 0 saturated heterocycles. The largest absolute Gasteiger partial charge is 0.508 e. The van der Waals surface area contributed by atoms with Crippen molar-refractivity contribution in [1.82, 2.24) is 0 Å². The molecule has 0 saturated carbocycles. The molecule has 0 unspecified atom stereocenters. The summed E-state index contributed by atoms with van der Waals surface area (Å²) in [5, 5.41) is 10.3. The number of rotatable bonds is 1. The van der Waals surface area contributed by atoms with Crippen LogP contribution in [-0.2, 0) is 0 Å². The normalized spacial score (nSPS) is 10.8. The molecule has 1 heterocycles. The summed E-state index contributed by atoms with van der Waals surface area (Å²) in [7, 11) is 0. The van der Waals surface area contributed by atoms with E-state index in [2.05, 4.69) is 0 Å². The molecule has 0 aliphatic heterocycles. The Morgan fingerprint density at radius 2 is 1.84 bits per heavy atom. The van der Waals surface area contributed by atoms with Gasteiger partial charge in [0.1, 0.15) is 17.6 Å². The van der Waals surface area contributed by atoms with Gasteiger partial charge < -0.3 is 9.52 Å². The van der Waals surface area contributed by atoms with Gasteiger partial charge in [0, 0.05) is 16.7 Å². The maximum absolute atomic E-state index is 12.4. The van der Waals surface area contributed by atoms with Crippen LogP contribution < -0.4 is 5.43 Å². The molecule has 94 valence electrons. The average Bonchev–Trinajstić information content (AvgIpc) is 2.40. The lowest BCUT2D eigenvalue weighted by molar-refractivity contribution is 0.474. The first-order chi connectivity index (χ1) is 9.16. The first-order valence-corrected chi connectivity index (χ1v) is 6.04. The molecule has 0 radical (unpaired) electrons. The second-order valence-corrected chi connectivity index (χ2v) is 4.55. The zero-order valence-corrected chi connectivity index (χ0v) is 10.5. The molecule has 0 aliphatic rings. The van der Waals surface area contributed by atoms with E-state index in [-0.39, 0.29) is 11.2 Å². The van der Waals surface area contributed by atoms with Crippen LogP contribution in [-0.4, -0.2) is 5.11 Å². The minimum atomic E-state index is -0.172. The number of phenols is 1. The van der Waals surface area contributed by atoms with Crippen LogP contribution in [0, 0.1) is 0 Å². The highest BCUT2D eigenvalue weighted by molar-refractivity contribution is 6.33. The minimum absolute atomic E-state index is 0.0566. The predicted octanol–water partition coefficient (Wildman–Crippen LogP) is 3.82. The zero-order chi connectivity index (χ0) is 13.4. The maximum atomic E-state index is 12.4. The molecule has 19 heavy (non-hydrogen) atoms. The van der Waals surface area contributed by atoms with Gasteiger partial charge in [0.15, 0.2) is 0 Å². The summed E-state index contributed by atoms with van der Waals surface area (Å²) < 4.78 is 5.40. The van der Waals surface area contributed by atoms with E-state index >= 15 is 0 Å². The van der Waals surface area contributed by atoms with Crippen molar-refractivity contribution >= 4 is 22.6 Å². The van der Waals surface area contributed by atoms with Crippen LogP contribution in [0.15, 0.2) is 57.9 Å². The third-order valence-electron chi connectivity index (χ3n) is 2.92. The molecule has 0 amide bonds. The Labute approximate surface area is 113 Å². The van der Waals surface area contributed by atoms with Crippen LogP contribution in [0.1, 0.15) is 0 Å². The lowest BCUT2D eigenvalue weighted by Gasteiger charge is -2.04. The van der Waals surface area contributed by atoms with Crippen molar-refractivity contribution in [1.29, 1.82) is 0 Å². The Morgan fingerprint density at radius 1 is 1.05 bits per heavy atom. The first kappa shape index (κ1) is 11.8. The van der Waals surface area contributed by atoms with E-state index in [1.54, 1.807) is 18.2 Å². The van der Waals surface area contributed by atoms with Crippen molar-refractivity contribution in [3.8, 4) is 16.9 Å². The third-order valence-corrected chi connectivity index (χ3v) is 3.25. The van der Waals surface area contributed by atoms with Gasteiger partial charge >= 0.3 is 0 Å². The molecule has 0 fully saturated rings. The Balaban J connectivity index is 2.33. The molecular formula is C15H9ClO3. The number of fused-ring (bicyclic) bond motifs is 1. The van der Waals surface area contributed by atoms with Gasteiger partial charge in [0.05, 0.1) is 10.9 Å². The van der Waals surface area contributed by atoms with Crippen LogP contribution in [0.4, 0.5) is 0 Å². The van der Waals surface area contributed by atoms with E-state index < -0.39 is 0 Å². The predicted molar refractivity (Wildman–Crippen MR) is 74.6 cm³/mol. The number of benzene rings is 2. The van der Waals surface area contributed by atoms with Crippen molar-refractivity contribution in [2.45, 2.75) is 0 Å². The minimum Gasteiger partial charge on any atom is -0.508 e. The molecular weight excluding hydrogens is 264 g/mol. The summed E-state index contributed by atoms with van der Waals surface area (Å²) in [4.78, 5) is 12.4. The van der Waals surface area contributed by atoms with Gasteiger partial charge in [-0.15, -0.1) is 0 Å². The summed E-state index contributed by atoms with van der Waals surface area (Å²) in [6.45, 7) is 0. The molecule has 1 N–H and O–H groups in total. The van der Waals surface area contributed by atoms with E-state index in [9.17, 15) is 9.90 Å². The van der Waals surface area contributed by atoms with E-state index in [1.165, 1.54) is 24.5 Å². The summed E-state index contributed by atoms with van der Waals surface area (Å²) in [6.07, 6.45) is 1.37. The van der Waals surface area contributed by atoms with Crippen LogP contribution in [0.2, 0.25) is 5.02 Å². The summed E-state index contributed by atoms with van der Waals surface area (Å²) >= 11 is 6.09. The topological polar surface area (TPSA) is 50.4 Å². The van der Waals surface area contributed by atoms with Gasteiger partial charge in [-0.05, 0) is 18.2 Å². The second kappa shape index (κ2) is 4.44. The fraction of sp³-hybridized carbons (Fsp3) is 0. The second-order valence-electron chi connectivity index (χ2n) is 4.14. The van der Waals surface area contributed by atoms with Gasteiger partial charge in [0.2, 0.25) is 5.43 Å². The molecule has 3 aromatic rings. The van der Waals surface area contributed by atoms with Gasteiger partial charge in [-0.2, -0.15) is 0 Å². The molecule has 0 spiro atoms. The van der Waals surface area contributed by atoms with Crippen LogP contribution >= 0.6 is 11.6 Å². The van der Waals surface area contributed by atoms with E-state index in [0.29, 0.717) is 27.1 Å². The van der Waals surface area contributed by atoms with Crippen molar-refractivity contribution in [2.75, 3.05) is 0 Å². The molecule has 0 bridgehead atoms. The number of hydrogen-bond acceptors (Lipinski definition) is 3. The van der Waals surface area contributed by atoms with Crippen molar-refractivity contribution in [3.63, 3.8) is 0 Å². The Kier molecular flexibility index (Phi) is 2.76. The van der Waals surface area contributed by atoms with Gasteiger partial charge in [-0.3, -0.25) is 4.79 Å². The summed E-state index contributed by atoms with van der Waals surface area (Å²) in [5.74, 6) is 0.0566. The fourth-order valence-electron chi connectivity index (χ4n) is 1.98. The van der Waals surface area contributed by atoms with Crippen LogP contribution in [0.3, 0.4) is 0 Å². The highest BCUT2D eigenvalue weighted by Gasteiger charge is 2.11. The van der Waals surface area contributed by atoms with Gasteiger partial charge in [-0.1, -0.05) is 29.8 Å².